The highest BCUT2D eigenvalue weighted by Crippen LogP contribution is 2.40. The monoisotopic (exact) mass is 292 g/mol. The number of ether oxygens (including phenoxy) is 1. The van der Waals surface area contributed by atoms with Gasteiger partial charge in [0, 0.05) is 11.6 Å². The second-order valence-electron chi connectivity index (χ2n) is 5.29. The molecule has 114 valence electrons. The fourth-order valence-electron chi connectivity index (χ4n) is 2.56. The van der Waals surface area contributed by atoms with Gasteiger partial charge in [-0.15, -0.1) is 0 Å². The number of benzene rings is 1. The fraction of sp³-hybridized carbons (Fsp3) is 0.438. The molecule has 2 rings (SSSR count). The van der Waals surface area contributed by atoms with E-state index in [9.17, 15) is 9.50 Å². The summed E-state index contributed by atoms with van der Waals surface area (Å²) in [6, 6.07) is 6.27. The van der Waals surface area contributed by atoms with E-state index >= 15 is 0 Å². The van der Waals surface area contributed by atoms with Crippen molar-refractivity contribution in [3.63, 3.8) is 0 Å². The molecule has 2 aromatic rings. The molecule has 0 aliphatic heterocycles. The number of methoxy groups -OCH3 is 1. The summed E-state index contributed by atoms with van der Waals surface area (Å²) >= 11 is 0. The molecule has 4 nitrogen and oxygen atoms in total. The molecule has 0 saturated heterocycles. The largest absolute Gasteiger partial charge is 0.493 e. The average Bonchev–Trinajstić information content (AvgIpc) is 2.91. The van der Waals surface area contributed by atoms with Gasteiger partial charge in [0.2, 0.25) is 0 Å². The molecule has 0 spiro atoms. The van der Waals surface area contributed by atoms with Crippen LogP contribution in [-0.2, 0) is 5.60 Å². The second kappa shape index (κ2) is 5.85. The summed E-state index contributed by atoms with van der Waals surface area (Å²) in [5.41, 5.74) is -0.780. The zero-order chi connectivity index (χ0) is 15.6. The van der Waals surface area contributed by atoms with Gasteiger partial charge < -0.3 is 9.84 Å². The quantitative estimate of drug-likeness (QED) is 0.920. The zero-order valence-corrected chi connectivity index (χ0v) is 12.8. The van der Waals surface area contributed by atoms with Crippen LogP contribution in [0.1, 0.15) is 44.5 Å². The summed E-state index contributed by atoms with van der Waals surface area (Å²) in [6.07, 6.45) is 1.86. The number of aliphatic hydroxyl groups is 1. The lowest BCUT2D eigenvalue weighted by Gasteiger charge is -2.30. The van der Waals surface area contributed by atoms with E-state index in [0.29, 0.717) is 17.9 Å². The Morgan fingerprint density at radius 3 is 2.57 bits per heavy atom. The Bertz CT molecular complexity index is 624. The Kier molecular flexibility index (Phi) is 4.32. The zero-order valence-electron chi connectivity index (χ0n) is 12.8. The smallest absolute Gasteiger partial charge is 0.163 e. The lowest BCUT2D eigenvalue weighted by atomic mass is 9.86. The van der Waals surface area contributed by atoms with Crippen molar-refractivity contribution < 1.29 is 14.2 Å². The lowest BCUT2D eigenvalue weighted by molar-refractivity contribution is 0.0586. The maximum atomic E-state index is 14.2. The molecule has 5 heteroatoms. The van der Waals surface area contributed by atoms with Gasteiger partial charge in [-0.25, -0.2) is 4.39 Å². The molecule has 1 N–H and O–H groups in total. The van der Waals surface area contributed by atoms with Crippen molar-refractivity contribution in [2.45, 2.75) is 38.8 Å². The molecule has 1 aromatic heterocycles. The Morgan fingerprint density at radius 1 is 1.38 bits per heavy atom. The van der Waals surface area contributed by atoms with Gasteiger partial charge in [-0.05, 0) is 26.3 Å². The van der Waals surface area contributed by atoms with Crippen LogP contribution in [0.4, 0.5) is 4.39 Å². The third-order valence-corrected chi connectivity index (χ3v) is 3.69. The first-order valence-corrected chi connectivity index (χ1v) is 7.05. The van der Waals surface area contributed by atoms with E-state index in [0.717, 1.165) is 0 Å². The Hall–Kier alpha value is -1.88. The van der Waals surface area contributed by atoms with Gasteiger partial charge in [0.05, 0.1) is 13.3 Å². The molecule has 0 aliphatic rings. The van der Waals surface area contributed by atoms with E-state index < -0.39 is 11.4 Å². The predicted molar refractivity (Wildman–Crippen MR) is 78.9 cm³/mol. The van der Waals surface area contributed by atoms with E-state index in [1.54, 1.807) is 29.1 Å². The third kappa shape index (κ3) is 2.53. The molecule has 0 aliphatic carbocycles. The molecule has 0 fully saturated rings. The number of nitrogens with zero attached hydrogens (tertiary/aromatic N) is 2. The number of hydrogen-bond donors (Lipinski definition) is 1. The summed E-state index contributed by atoms with van der Waals surface area (Å²) in [4.78, 5) is 0. The summed E-state index contributed by atoms with van der Waals surface area (Å²) in [7, 11) is 1.52. The van der Waals surface area contributed by atoms with Crippen LogP contribution in [0, 0.1) is 5.82 Å². The summed E-state index contributed by atoms with van der Waals surface area (Å²) in [6.45, 7) is 5.71. The SMILES string of the molecule is CCC(O)(c1ccccc1F)c1c(OC)cnn1C(C)C. The Morgan fingerprint density at radius 2 is 2.05 bits per heavy atom. The summed E-state index contributed by atoms with van der Waals surface area (Å²) < 4.78 is 21.2. The maximum absolute atomic E-state index is 14.2. The van der Waals surface area contributed by atoms with E-state index in [1.165, 1.54) is 13.2 Å². The summed E-state index contributed by atoms with van der Waals surface area (Å²) in [5.74, 6) is 0.0108. The minimum Gasteiger partial charge on any atom is -0.493 e. The third-order valence-electron chi connectivity index (χ3n) is 3.69. The van der Waals surface area contributed by atoms with Crippen LogP contribution in [-0.4, -0.2) is 22.0 Å². The van der Waals surface area contributed by atoms with Crippen LogP contribution in [0.5, 0.6) is 5.75 Å². The van der Waals surface area contributed by atoms with E-state index in [2.05, 4.69) is 5.10 Å². The van der Waals surface area contributed by atoms with Gasteiger partial charge in [0.25, 0.3) is 0 Å². The molecule has 1 atom stereocenters. The average molecular weight is 292 g/mol. The molecule has 1 unspecified atom stereocenters. The Labute approximate surface area is 124 Å². The van der Waals surface area contributed by atoms with Crippen LogP contribution in [0.25, 0.3) is 0 Å². The Balaban J connectivity index is 2.71. The standard InChI is InChI=1S/C16H21FN2O2/c1-5-16(20,12-8-6-7-9-13(12)17)15-14(21-4)10-18-19(15)11(2)3/h6-11,20H,5H2,1-4H3. The van der Waals surface area contributed by atoms with Crippen molar-refractivity contribution >= 4 is 0 Å². The van der Waals surface area contributed by atoms with Gasteiger partial charge in [-0.2, -0.15) is 5.10 Å². The second-order valence-corrected chi connectivity index (χ2v) is 5.29. The number of halogens is 1. The predicted octanol–water partition coefficient (Wildman–Crippen LogP) is 3.26. The molecule has 0 radical (unpaired) electrons. The molecule has 0 bridgehead atoms. The highest BCUT2D eigenvalue weighted by atomic mass is 19.1. The van der Waals surface area contributed by atoms with Gasteiger partial charge in [0.1, 0.15) is 17.1 Å². The number of hydrogen-bond acceptors (Lipinski definition) is 3. The highest BCUT2D eigenvalue weighted by molar-refractivity contribution is 5.40. The van der Waals surface area contributed by atoms with Crippen LogP contribution in [0.15, 0.2) is 30.5 Å². The molecule has 0 amide bonds. The van der Waals surface area contributed by atoms with Crippen molar-refractivity contribution in [1.82, 2.24) is 9.78 Å². The topological polar surface area (TPSA) is 47.3 Å². The van der Waals surface area contributed by atoms with E-state index in [1.807, 2.05) is 20.8 Å². The first-order valence-electron chi connectivity index (χ1n) is 7.05. The van der Waals surface area contributed by atoms with Crippen molar-refractivity contribution in [3.8, 4) is 5.75 Å². The molecule has 21 heavy (non-hydrogen) atoms. The molecule has 1 aromatic carbocycles. The van der Waals surface area contributed by atoms with E-state index in [4.69, 9.17) is 4.74 Å². The number of rotatable bonds is 5. The van der Waals surface area contributed by atoms with Crippen molar-refractivity contribution in [3.05, 3.63) is 47.5 Å². The normalized spacial score (nSPS) is 14.2. The molecular weight excluding hydrogens is 271 g/mol. The minimum absolute atomic E-state index is 0.0220. The first kappa shape index (κ1) is 15.5. The lowest BCUT2D eigenvalue weighted by Crippen LogP contribution is -2.32. The summed E-state index contributed by atoms with van der Waals surface area (Å²) in [5, 5.41) is 15.5. The van der Waals surface area contributed by atoms with Crippen LogP contribution < -0.4 is 4.74 Å². The first-order chi connectivity index (χ1) is 9.95. The van der Waals surface area contributed by atoms with Gasteiger partial charge >= 0.3 is 0 Å². The molecule has 0 saturated carbocycles. The van der Waals surface area contributed by atoms with Crippen LogP contribution in [0.3, 0.4) is 0 Å². The molecular formula is C16H21FN2O2. The minimum atomic E-state index is -1.49. The van der Waals surface area contributed by atoms with Gasteiger partial charge in [-0.3, -0.25) is 4.68 Å². The van der Waals surface area contributed by atoms with Gasteiger partial charge in [0.15, 0.2) is 5.75 Å². The van der Waals surface area contributed by atoms with Gasteiger partial charge in [-0.1, -0.05) is 25.1 Å². The fourth-order valence-corrected chi connectivity index (χ4v) is 2.56. The van der Waals surface area contributed by atoms with Crippen LogP contribution >= 0.6 is 0 Å². The maximum Gasteiger partial charge on any atom is 0.163 e. The van der Waals surface area contributed by atoms with E-state index in [-0.39, 0.29) is 11.6 Å². The number of aromatic nitrogens is 2. The molecule has 1 heterocycles. The van der Waals surface area contributed by atoms with Crippen molar-refractivity contribution in [2.75, 3.05) is 7.11 Å². The van der Waals surface area contributed by atoms with Crippen molar-refractivity contribution in [1.29, 1.82) is 0 Å². The van der Waals surface area contributed by atoms with Crippen LogP contribution in [0.2, 0.25) is 0 Å². The van der Waals surface area contributed by atoms with Crippen molar-refractivity contribution in [2.24, 2.45) is 0 Å². The highest BCUT2D eigenvalue weighted by Gasteiger charge is 2.39.